The van der Waals surface area contributed by atoms with Gasteiger partial charge in [-0.15, -0.1) is 0 Å². The predicted octanol–water partition coefficient (Wildman–Crippen LogP) is 4.55. The van der Waals surface area contributed by atoms with Crippen LogP contribution in [0.1, 0.15) is 22.6 Å². The van der Waals surface area contributed by atoms with E-state index >= 15 is 0 Å². The minimum absolute atomic E-state index is 0.234. The largest absolute Gasteiger partial charge is 0.328 e. The van der Waals surface area contributed by atoms with Crippen LogP contribution >= 0.6 is 0 Å². The molecule has 0 aromatic carbocycles. The van der Waals surface area contributed by atoms with E-state index in [9.17, 15) is 4.39 Å². The van der Waals surface area contributed by atoms with Crippen LogP contribution in [0, 0.1) is 5.95 Å². The van der Waals surface area contributed by atoms with Gasteiger partial charge in [-0.2, -0.15) is 4.39 Å². The lowest BCUT2D eigenvalue weighted by molar-refractivity contribution is 0.554. The number of anilines is 2. The van der Waals surface area contributed by atoms with Crippen LogP contribution in [-0.2, 0) is 6.42 Å². The Morgan fingerprint density at radius 3 is 2.31 bits per heavy atom. The first-order valence-electron chi connectivity index (χ1n) is 9.32. The molecule has 4 rings (SSSR count). The SMILES string of the molecule is CN(c1cccnc1)c1ncccc1CC(c1cccnc1)c1cccnc1F. The Bertz CT molecular complexity index is 1070. The van der Waals surface area contributed by atoms with Gasteiger partial charge in [0.05, 0.1) is 11.9 Å². The Kier molecular flexibility index (Phi) is 5.52. The number of hydrogen-bond acceptors (Lipinski definition) is 5. The minimum Gasteiger partial charge on any atom is -0.328 e. The first-order chi connectivity index (χ1) is 14.2. The lowest BCUT2D eigenvalue weighted by Crippen LogP contribution is -2.16. The van der Waals surface area contributed by atoms with Gasteiger partial charge in [-0.3, -0.25) is 9.97 Å². The molecule has 0 radical (unpaired) electrons. The van der Waals surface area contributed by atoms with Gasteiger partial charge in [-0.1, -0.05) is 18.2 Å². The highest BCUT2D eigenvalue weighted by Crippen LogP contribution is 2.33. The van der Waals surface area contributed by atoms with Crippen LogP contribution in [0.2, 0.25) is 0 Å². The fraction of sp³-hybridized carbons (Fsp3) is 0.130. The maximum Gasteiger partial charge on any atom is 0.216 e. The Morgan fingerprint density at radius 1 is 0.862 bits per heavy atom. The fourth-order valence-corrected chi connectivity index (χ4v) is 3.43. The summed E-state index contributed by atoms with van der Waals surface area (Å²) < 4.78 is 14.6. The summed E-state index contributed by atoms with van der Waals surface area (Å²) in [4.78, 5) is 18.9. The average Bonchev–Trinajstić information content (AvgIpc) is 2.79. The van der Waals surface area contributed by atoms with Gasteiger partial charge in [0, 0.05) is 49.5 Å². The van der Waals surface area contributed by atoms with E-state index in [1.165, 1.54) is 6.20 Å². The molecule has 4 heterocycles. The van der Waals surface area contributed by atoms with E-state index in [4.69, 9.17) is 0 Å². The first-order valence-corrected chi connectivity index (χ1v) is 9.32. The monoisotopic (exact) mass is 385 g/mol. The molecule has 0 bridgehead atoms. The second kappa shape index (κ2) is 8.56. The van der Waals surface area contributed by atoms with Crippen LogP contribution < -0.4 is 4.90 Å². The van der Waals surface area contributed by atoms with Gasteiger partial charge in [0.2, 0.25) is 5.95 Å². The Labute approximate surface area is 169 Å². The van der Waals surface area contributed by atoms with E-state index in [-0.39, 0.29) is 5.92 Å². The van der Waals surface area contributed by atoms with E-state index in [2.05, 4.69) is 19.9 Å². The molecule has 4 aromatic heterocycles. The van der Waals surface area contributed by atoms with Crippen LogP contribution in [0.15, 0.2) is 85.7 Å². The molecule has 0 saturated heterocycles. The topological polar surface area (TPSA) is 54.8 Å². The summed E-state index contributed by atoms with van der Waals surface area (Å²) in [5.74, 6) is 0.105. The second-order valence-corrected chi connectivity index (χ2v) is 6.68. The number of nitrogens with zero attached hydrogens (tertiary/aromatic N) is 5. The molecule has 0 amide bonds. The van der Waals surface area contributed by atoms with E-state index in [0.29, 0.717) is 12.0 Å². The van der Waals surface area contributed by atoms with Crippen molar-refractivity contribution < 1.29 is 4.39 Å². The highest BCUT2D eigenvalue weighted by atomic mass is 19.1. The van der Waals surface area contributed by atoms with Crippen molar-refractivity contribution in [2.45, 2.75) is 12.3 Å². The van der Waals surface area contributed by atoms with Crippen LogP contribution in [0.3, 0.4) is 0 Å². The highest BCUT2D eigenvalue weighted by molar-refractivity contribution is 5.61. The number of aromatic nitrogens is 4. The van der Waals surface area contributed by atoms with Crippen molar-refractivity contribution in [2.24, 2.45) is 0 Å². The summed E-state index contributed by atoms with van der Waals surface area (Å²) in [5.41, 5.74) is 3.39. The predicted molar refractivity (Wildman–Crippen MR) is 111 cm³/mol. The van der Waals surface area contributed by atoms with E-state index in [0.717, 1.165) is 22.6 Å². The Balaban J connectivity index is 1.75. The zero-order valence-electron chi connectivity index (χ0n) is 16.0. The molecule has 29 heavy (non-hydrogen) atoms. The summed E-state index contributed by atoms with van der Waals surface area (Å²) in [6.45, 7) is 0. The van der Waals surface area contributed by atoms with Crippen molar-refractivity contribution in [2.75, 3.05) is 11.9 Å². The molecule has 0 aliphatic rings. The molecule has 1 unspecified atom stereocenters. The van der Waals surface area contributed by atoms with Gasteiger partial charge in [0.1, 0.15) is 5.82 Å². The van der Waals surface area contributed by atoms with Crippen LogP contribution in [0.25, 0.3) is 0 Å². The van der Waals surface area contributed by atoms with Gasteiger partial charge in [-0.05, 0) is 47.9 Å². The van der Waals surface area contributed by atoms with Crippen molar-refractivity contribution >= 4 is 11.5 Å². The quantitative estimate of drug-likeness (QED) is 0.456. The Morgan fingerprint density at radius 2 is 1.59 bits per heavy atom. The molecule has 4 aromatic rings. The van der Waals surface area contributed by atoms with E-state index in [1.807, 2.05) is 48.3 Å². The van der Waals surface area contributed by atoms with E-state index in [1.54, 1.807) is 43.1 Å². The van der Waals surface area contributed by atoms with Crippen molar-refractivity contribution in [1.29, 1.82) is 0 Å². The molecular formula is C23H20FN5. The lowest BCUT2D eigenvalue weighted by Gasteiger charge is -2.24. The molecule has 5 nitrogen and oxygen atoms in total. The van der Waals surface area contributed by atoms with Crippen LogP contribution in [0.4, 0.5) is 15.9 Å². The second-order valence-electron chi connectivity index (χ2n) is 6.68. The Hall–Kier alpha value is -3.67. The number of halogens is 1. The number of hydrogen-bond donors (Lipinski definition) is 0. The molecule has 1 atom stereocenters. The zero-order valence-corrected chi connectivity index (χ0v) is 16.0. The van der Waals surface area contributed by atoms with Gasteiger partial charge >= 0.3 is 0 Å². The van der Waals surface area contributed by atoms with Crippen molar-refractivity contribution in [3.8, 4) is 0 Å². The van der Waals surface area contributed by atoms with Gasteiger partial charge in [-0.25, -0.2) is 9.97 Å². The number of rotatable bonds is 6. The molecule has 0 spiro atoms. The normalized spacial score (nSPS) is 11.8. The third-order valence-electron chi connectivity index (χ3n) is 4.89. The summed E-state index contributed by atoms with van der Waals surface area (Å²) in [6.07, 6.45) is 10.8. The maximum atomic E-state index is 14.6. The molecule has 0 N–H and O–H groups in total. The average molecular weight is 385 g/mol. The molecule has 0 fully saturated rings. The number of pyridine rings is 4. The summed E-state index contributed by atoms with van der Waals surface area (Å²) >= 11 is 0. The molecule has 0 saturated carbocycles. The van der Waals surface area contributed by atoms with Crippen LogP contribution in [0.5, 0.6) is 0 Å². The smallest absolute Gasteiger partial charge is 0.216 e. The molecule has 0 aliphatic heterocycles. The summed E-state index contributed by atoms with van der Waals surface area (Å²) in [7, 11) is 1.95. The van der Waals surface area contributed by atoms with Crippen molar-refractivity contribution in [3.63, 3.8) is 0 Å². The molecule has 6 heteroatoms. The van der Waals surface area contributed by atoms with Crippen LogP contribution in [-0.4, -0.2) is 27.0 Å². The van der Waals surface area contributed by atoms with Crippen molar-refractivity contribution in [1.82, 2.24) is 19.9 Å². The van der Waals surface area contributed by atoms with E-state index < -0.39 is 5.95 Å². The third-order valence-corrected chi connectivity index (χ3v) is 4.89. The lowest BCUT2D eigenvalue weighted by atomic mass is 9.87. The maximum absolute atomic E-state index is 14.6. The third kappa shape index (κ3) is 4.11. The summed E-state index contributed by atoms with van der Waals surface area (Å²) in [5, 5.41) is 0. The highest BCUT2D eigenvalue weighted by Gasteiger charge is 2.22. The minimum atomic E-state index is -0.465. The standard InChI is InChI=1S/C23H20FN5/c1-29(19-8-4-11-26-16-19)23-17(6-3-13-28-23)14-21(18-7-2-10-25-15-18)20-9-5-12-27-22(20)24/h2-13,15-16,21H,14H2,1H3. The van der Waals surface area contributed by atoms with Gasteiger partial charge in [0.15, 0.2) is 0 Å². The zero-order chi connectivity index (χ0) is 20.1. The molecule has 144 valence electrons. The first kappa shape index (κ1) is 18.7. The van der Waals surface area contributed by atoms with Gasteiger partial charge < -0.3 is 4.90 Å². The summed E-state index contributed by atoms with van der Waals surface area (Å²) in [6, 6.07) is 15.1. The molecular weight excluding hydrogens is 365 g/mol. The van der Waals surface area contributed by atoms with Gasteiger partial charge in [0.25, 0.3) is 0 Å². The fourth-order valence-electron chi connectivity index (χ4n) is 3.43. The van der Waals surface area contributed by atoms with Crippen molar-refractivity contribution in [3.05, 3.63) is 108 Å². The molecule has 0 aliphatic carbocycles.